The van der Waals surface area contributed by atoms with Crippen LogP contribution in [0.25, 0.3) is 6.08 Å². The molecule has 0 radical (unpaired) electrons. The van der Waals surface area contributed by atoms with Gasteiger partial charge in [-0.1, -0.05) is 30.3 Å². The molecular weight excluding hydrogens is 360 g/mol. The molecule has 0 saturated carbocycles. The van der Waals surface area contributed by atoms with Gasteiger partial charge in [-0.2, -0.15) is 0 Å². The minimum Gasteiger partial charge on any atom is -0.383 e. The van der Waals surface area contributed by atoms with Gasteiger partial charge in [-0.05, 0) is 30.7 Å². The van der Waals surface area contributed by atoms with Crippen LogP contribution < -0.4 is 16.0 Å². The number of amides is 2. The Bertz CT molecular complexity index is 835. The summed E-state index contributed by atoms with van der Waals surface area (Å²) in [5.74, 6) is -0.650. The Morgan fingerprint density at radius 3 is 2.39 bits per heavy atom. The van der Waals surface area contributed by atoms with Gasteiger partial charge in [0.05, 0.1) is 4.92 Å². The van der Waals surface area contributed by atoms with Crippen LogP contribution >= 0.6 is 0 Å². The number of carbonyl (C=O) groups excluding carboxylic acids is 2. The molecule has 0 aliphatic carbocycles. The van der Waals surface area contributed by atoms with Crippen molar-refractivity contribution >= 4 is 29.3 Å². The maximum absolute atomic E-state index is 12.0. The highest BCUT2D eigenvalue weighted by molar-refractivity contribution is 5.95. The highest BCUT2D eigenvalue weighted by Crippen LogP contribution is 2.14. The molecule has 8 heteroatoms. The first-order chi connectivity index (χ1) is 13.5. The van der Waals surface area contributed by atoms with Crippen molar-refractivity contribution in [1.82, 2.24) is 10.6 Å². The van der Waals surface area contributed by atoms with Crippen molar-refractivity contribution in [3.8, 4) is 0 Å². The lowest BCUT2D eigenvalue weighted by Crippen LogP contribution is -2.45. The molecule has 2 rings (SSSR count). The quantitative estimate of drug-likeness (QED) is 0.267. The highest BCUT2D eigenvalue weighted by Gasteiger charge is 2.13. The van der Waals surface area contributed by atoms with Crippen LogP contribution in [0.5, 0.6) is 0 Å². The summed E-state index contributed by atoms with van der Waals surface area (Å²) in [5.41, 5.74) is 1.63. The molecule has 0 saturated heterocycles. The Morgan fingerprint density at radius 1 is 1.07 bits per heavy atom. The molecule has 0 fully saturated rings. The van der Waals surface area contributed by atoms with E-state index in [9.17, 15) is 19.7 Å². The monoisotopic (exact) mass is 382 g/mol. The number of non-ortho nitro benzene ring substituents is 1. The van der Waals surface area contributed by atoms with Gasteiger partial charge in [0.1, 0.15) is 6.04 Å². The number of nitrogens with zero attached hydrogens (tertiary/aromatic N) is 1. The second-order valence-electron chi connectivity index (χ2n) is 6.00. The minimum atomic E-state index is -0.674. The summed E-state index contributed by atoms with van der Waals surface area (Å²) in [6, 6.07) is 14.7. The topological polar surface area (TPSA) is 113 Å². The summed E-state index contributed by atoms with van der Waals surface area (Å²) in [6.45, 7) is 2.39. The second kappa shape index (κ2) is 10.5. The summed E-state index contributed by atoms with van der Waals surface area (Å²) >= 11 is 0. The van der Waals surface area contributed by atoms with Crippen LogP contribution in [-0.4, -0.2) is 35.9 Å². The zero-order chi connectivity index (χ0) is 20.4. The van der Waals surface area contributed by atoms with E-state index < -0.39 is 11.0 Å². The number of hydrogen-bond donors (Lipinski definition) is 3. The molecule has 0 aliphatic heterocycles. The Balaban J connectivity index is 1.68. The van der Waals surface area contributed by atoms with Crippen molar-refractivity contribution in [3.63, 3.8) is 0 Å². The standard InChI is InChI=1S/C20H22N4O4/c1-15(23-19(25)12-7-16-5-3-2-4-6-16)20(26)22-14-13-21-17-8-10-18(11-9-17)24(27)28/h2-12,15,21H,13-14H2,1H3,(H,22,26)(H,23,25)/b12-7+/t15-/m0/s1. The fourth-order valence-electron chi connectivity index (χ4n) is 2.31. The van der Waals surface area contributed by atoms with Crippen LogP contribution in [-0.2, 0) is 9.59 Å². The predicted octanol–water partition coefficient (Wildman–Crippen LogP) is 2.34. The van der Waals surface area contributed by atoms with E-state index in [2.05, 4.69) is 16.0 Å². The molecule has 0 heterocycles. The van der Waals surface area contributed by atoms with Crippen LogP contribution in [0.4, 0.5) is 11.4 Å². The molecule has 0 spiro atoms. The van der Waals surface area contributed by atoms with E-state index in [0.717, 1.165) is 5.56 Å². The van der Waals surface area contributed by atoms with Gasteiger partial charge in [-0.25, -0.2) is 0 Å². The Kier molecular flexibility index (Phi) is 7.71. The number of anilines is 1. The molecule has 0 aromatic heterocycles. The summed E-state index contributed by atoms with van der Waals surface area (Å²) in [5, 5.41) is 19.0. The minimum absolute atomic E-state index is 0.0183. The molecule has 3 N–H and O–H groups in total. The van der Waals surface area contributed by atoms with Gasteiger partial charge in [0.2, 0.25) is 11.8 Å². The number of hydrogen-bond acceptors (Lipinski definition) is 5. The zero-order valence-electron chi connectivity index (χ0n) is 15.4. The SMILES string of the molecule is C[C@H](NC(=O)/C=C/c1ccccc1)C(=O)NCCNc1ccc([N+](=O)[O-])cc1. The van der Waals surface area contributed by atoms with E-state index in [1.807, 2.05) is 30.3 Å². The third-order valence-electron chi connectivity index (χ3n) is 3.81. The highest BCUT2D eigenvalue weighted by atomic mass is 16.6. The van der Waals surface area contributed by atoms with Crippen molar-refractivity contribution in [2.24, 2.45) is 0 Å². The van der Waals surface area contributed by atoms with E-state index >= 15 is 0 Å². The third-order valence-corrected chi connectivity index (χ3v) is 3.81. The van der Waals surface area contributed by atoms with Crippen molar-refractivity contribution in [2.75, 3.05) is 18.4 Å². The van der Waals surface area contributed by atoms with Gasteiger partial charge in [-0.3, -0.25) is 19.7 Å². The van der Waals surface area contributed by atoms with Crippen LogP contribution in [0.15, 0.2) is 60.7 Å². The van der Waals surface area contributed by atoms with Gasteiger partial charge >= 0.3 is 0 Å². The Hall–Kier alpha value is -3.68. The van der Waals surface area contributed by atoms with Gasteiger partial charge in [0, 0.05) is 37.0 Å². The second-order valence-corrected chi connectivity index (χ2v) is 6.00. The number of benzene rings is 2. The van der Waals surface area contributed by atoms with Crippen LogP contribution in [0.3, 0.4) is 0 Å². The van der Waals surface area contributed by atoms with Crippen LogP contribution in [0.1, 0.15) is 12.5 Å². The number of nitro benzene ring substituents is 1. The lowest BCUT2D eigenvalue weighted by molar-refractivity contribution is -0.384. The molecule has 146 valence electrons. The maximum atomic E-state index is 12.0. The lowest BCUT2D eigenvalue weighted by Gasteiger charge is -2.13. The average Bonchev–Trinajstić information content (AvgIpc) is 2.70. The van der Waals surface area contributed by atoms with Crippen molar-refractivity contribution in [1.29, 1.82) is 0 Å². The van der Waals surface area contributed by atoms with Crippen molar-refractivity contribution in [2.45, 2.75) is 13.0 Å². The van der Waals surface area contributed by atoms with Gasteiger partial charge in [0.25, 0.3) is 5.69 Å². The zero-order valence-corrected chi connectivity index (χ0v) is 15.4. The first-order valence-corrected chi connectivity index (χ1v) is 8.75. The molecule has 8 nitrogen and oxygen atoms in total. The molecular formula is C20H22N4O4. The van der Waals surface area contributed by atoms with Gasteiger partial charge in [-0.15, -0.1) is 0 Å². The number of nitrogens with one attached hydrogen (secondary N) is 3. The average molecular weight is 382 g/mol. The fourth-order valence-corrected chi connectivity index (χ4v) is 2.31. The lowest BCUT2D eigenvalue weighted by atomic mass is 10.2. The predicted molar refractivity (Wildman–Crippen MR) is 108 cm³/mol. The molecule has 0 unspecified atom stereocenters. The molecule has 1 atom stereocenters. The normalized spacial score (nSPS) is 11.6. The molecule has 0 aliphatic rings. The van der Waals surface area contributed by atoms with Crippen LogP contribution in [0, 0.1) is 10.1 Å². The molecule has 2 aromatic rings. The molecule has 28 heavy (non-hydrogen) atoms. The smallest absolute Gasteiger partial charge is 0.269 e. The first-order valence-electron chi connectivity index (χ1n) is 8.75. The van der Waals surface area contributed by atoms with Crippen molar-refractivity contribution in [3.05, 3.63) is 76.4 Å². The summed E-state index contributed by atoms with van der Waals surface area (Å²) in [4.78, 5) is 34.1. The Morgan fingerprint density at radius 2 is 1.75 bits per heavy atom. The first kappa shape index (κ1) is 20.6. The van der Waals surface area contributed by atoms with E-state index in [1.54, 1.807) is 25.1 Å². The molecule has 2 amide bonds. The number of rotatable bonds is 9. The van der Waals surface area contributed by atoms with E-state index in [1.165, 1.54) is 18.2 Å². The largest absolute Gasteiger partial charge is 0.383 e. The third kappa shape index (κ3) is 6.91. The fraction of sp³-hybridized carbons (Fsp3) is 0.200. The Labute approximate surface area is 162 Å². The van der Waals surface area contributed by atoms with Gasteiger partial charge < -0.3 is 16.0 Å². The van der Waals surface area contributed by atoms with E-state index in [4.69, 9.17) is 0 Å². The summed E-state index contributed by atoms with van der Waals surface area (Å²) in [7, 11) is 0. The molecule has 0 bridgehead atoms. The maximum Gasteiger partial charge on any atom is 0.269 e. The number of nitro groups is 1. The van der Waals surface area contributed by atoms with Gasteiger partial charge in [0.15, 0.2) is 0 Å². The molecule has 2 aromatic carbocycles. The van der Waals surface area contributed by atoms with E-state index in [0.29, 0.717) is 18.8 Å². The summed E-state index contributed by atoms with van der Waals surface area (Å²) in [6.07, 6.45) is 3.06. The summed E-state index contributed by atoms with van der Waals surface area (Å²) < 4.78 is 0. The van der Waals surface area contributed by atoms with E-state index in [-0.39, 0.29) is 17.5 Å². The van der Waals surface area contributed by atoms with Crippen LogP contribution in [0.2, 0.25) is 0 Å². The number of carbonyl (C=O) groups is 2. The van der Waals surface area contributed by atoms with Crippen molar-refractivity contribution < 1.29 is 14.5 Å².